The van der Waals surface area contributed by atoms with Crippen LogP contribution in [0.5, 0.6) is 0 Å². The average Bonchev–Trinajstić information content (AvgIpc) is 3.00. The molecule has 1 rings (SSSR count). The molecule has 11 heteroatoms. The SMILES string of the molecule is CC(=O)NC(C)(C)C.Cc1cc(C(=O)NCC(=O)NCCNC(=O)OC(C)(C)C)no1. The van der Waals surface area contributed by atoms with E-state index in [2.05, 4.69) is 26.4 Å². The Bertz CT molecular complexity index is 746. The molecule has 4 amide bonds. The van der Waals surface area contributed by atoms with E-state index in [1.807, 2.05) is 20.8 Å². The topological polar surface area (TPSA) is 152 Å². The predicted octanol–water partition coefficient (Wildman–Crippen LogP) is 1.27. The van der Waals surface area contributed by atoms with Crippen molar-refractivity contribution >= 4 is 23.8 Å². The predicted molar refractivity (Wildman–Crippen MR) is 114 cm³/mol. The minimum Gasteiger partial charge on any atom is -0.444 e. The second-order valence-electron chi connectivity index (χ2n) is 8.72. The van der Waals surface area contributed by atoms with Crippen molar-refractivity contribution in [3.8, 4) is 0 Å². The third-order valence-corrected chi connectivity index (χ3v) is 2.94. The first-order valence-corrected chi connectivity index (χ1v) is 9.83. The van der Waals surface area contributed by atoms with E-state index >= 15 is 0 Å². The number of hydrogen-bond acceptors (Lipinski definition) is 7. The lowest BCUT2D eigenvalue weighted by molar-refractivity contribution is -0.121. The van der Waals surface area contributed by atoms with Crippen LogP contribution in [0.1, 0.15) is 64.7 Å². The maximum Gasteiger partial charge on any atom is 0.407 e. The molecule has 0 aliphatic rings. The summed E-state index contributed by atoms with van der Waals surface area (Å²) in [6.07, 6.45) is -0.554. The van der Waals surface area contributed by atoms with Gasteiger partial charge in [-0.05, 0) is 48.5 Å². The van der Waals surface area contributed by atoms with Crippen molar-refractivity contribution < 1.29 is 28.4 Å². The average molecular weight is 442 g/mol. The zero-order chi connectivity index (χ0) is 24.2. The molecule has 0 aromatic carbocycles. The van der Waals surface area contributed by atoms with Crippen LogP contribution in [0.3, 0.4) is 0 Å². The molecule has 0 bridgehead atoms. The molecule has 0 aliphatic heterocycles. The van der Waals surface area contributed by atoms with Gasteiger partial charge in [-0.15, -0.1) is 0 Å². The summed E-state index contributed by atoms with van der Waals surface area (Å²) in [6, 6.07) is 1.47. The second kappa shape index (κ2) is 12.6. The molecule has 0 fully saturated rings. The smallest absolute Gasteiger partial charge is 0.407 e. The van der Waals surface area contributed by atoms with Gasteiger partial charge in [0.25, 0.3) is 5.91 Å². The molecule has 176 valence electrons. The highest BCUT2D eigenvalue weighted by Gasteiger charge is 2.16. The van der Waals surface area contributed by atoms with Crippen molar-refractivity contribution in [1.29, 1.82) is 0 Å². The highest BCUT2D eigenvalue weighted by atomic mass is 16.6. The van der Waals surface area contributed by atoms with Gasteiger partial charge in [-0.25, -0.2) is 4.79 Å². The molecule has 1 aromatic rings. The highest BCUT2D eigenvalue weighted by Crippen LogP contribution is 2.06. The van der Waals surface area contributed by atoms with Crippen molar-refractivity contribution in [3.05, 3.63) is 17.5 Å². The Morgan fingerprint density at radius 1 is 1.00 bits per heavy atom. The summed E-state index contributed by atoms with van der Waals surface area (Å²) in [5.41, 5.74) is -0.537. The van der Waals surface area contributed by atoms with E-state index in [0.29, 0.717) is 5.76 Å². The number of nitrogens with one attached hydrogen (secondary N) is 4. The number of amides is 4. The first kappa shape index (κ1) is 27.9. The van der Waals surface area contributed by atoms with E-state index in [4.69, 9.17) is 9.26 Å². The van der Waals surface area contributed by atoms with E-state index < -0.39 is 17.6 Å². The Balaban J connectivity index is 0.000000954. The molecule has 11 nitrogen and oxygen atoms in total. The number of aromatic nitrogens is 1. The van der Waals surface area contributed by atoms with Crippen molar-refractivity contribution in [2.45, 2.75) is 66.5 Å². The van der Waals surface area contributed by atoms with Gasteiger partial charge in [-0.2, -0.15) is 0 Å². The third kappa shape index (κ3) is 16.4. The summed E-state index contributed by atoms with van der Waals surface area (Å²) in [4.78, 5) is 44.9. The fourth-order valence-corrected chi connectivity index (χ4v) is 2.00. The lowest BCUT2D eigenvalue weighted by Gasteiger charge is -2.19. The van der Waals surface area contributed by atoms with Crippen LogP contribution in [0.2, 0.25) is 0 Å². The first-order chi connectivity index (χ1) is 14.1. The van der Waals surface area contributed by atoms with Crippen molar-refractivity contribution in [1.82, 2.24) is 26.4 Å². The number of nitrogens with zero attached hydrogens (tertiary/aromatic N) is 1. The van der Waals surface area contributed by atoms with Crippen LogP contribution in [-0.4, -0.2) is 59.7 Å². The number of hydrogen-bond donors (Lipinski definition) is 4. The van der Waals surface area contributed by atoms with Crippen molar-refractivity contribution in [2.75, 3.05) is 19.6 Å². The standard InChI is InChI=1S/C14H22N4O5.C6H13NO/c1-9-7-10(18-23-9)12(20)17-8-11(19)15-5-6-16-13(21)22-14(2,3)4;1-5(8)7-6(2,3)4/h7H,5-6,8H2,1-4H3,(H,15,19)(H,16,21)(H,17,20);1-4H3,(H,7,8). The van der Waals surface area contributed by atoms with Crippen LogP contribution in [0.25, 0.3) is 0 Å². The van der Waals surface area contributed by atoms with Gasteiger partial charge in [-0.1, -0.05) is 5.16 Å². The van der Waals surface area contributed by atoms with E-state index in [1.54, 1.807) is 27.7 Å². The van der Waals surface area contributed by atoms with Crippen LogP contribution in [0, 0.1) is 6.92 Å². The van der Waals surface area contributed by atoms with Gasteiger partial charge in [0.2, 0.25) is 11.8 Å². The van der Waals surface area contributed by atoms with Gasteiger partial charge in [-0.3, -0.25) is 14.4 Å². The summed E-state index contributed by atoms with van der Waals surface area (Å²) in [5.74, 6) is -0.348. The summed E-state index contributed by atoms with van der Waals surface area (Å²) < 4.78 is 9.80. The van der Waals surface area contributed by atoms with Crippen LogP contribution >= 0.6 is 0 Å². The van der Waals surface area contributed by atoms with Crippen LogP contribution in [0.15, 0.2) is 10.6 Å². The Kier molecular flexibility index (Phi) is 11.3. The third-order valence-electron chi connectivity index (χ3n) is 2.94. The Morgan fingerprint density at radius 2 is 1.58 bits per heavy atom. The van der Waals surface area contributed by atoms with Crippen LogP contribution in [-0.2, 0) is 14.3 Å². The van der Waals surface area contributed by atoms with Crippen molar-refractivity contribution in [3.63, 3.8) is 0 Å². The summed E-state index contributed by atoms with van der Waals surface area (Å²) in [5, 5.41) is 13.7. The van der Waals surface area contributed by atoms with Gasteiger partial charge in [0.05, 0.1) is 6.54 Å². The molecule has 31 heavy (non-hydrogen) atoms. The number of rotatable bonds is 6. The molecular weight excluding hydrogens is 406 g/mol. The molecule has 0 saturated heterocycles. The number of carbonyl (C=O) groups is 4. The second-order valence-corrected chi connectivity index (χ2v) is 8.72. The molecule has 0 aliphatic carbocycles. The molecule has 0 radical (unpaired) electrons. The number of aryl methyl sites for hydroxylation is 1. The fourth-order valence-electron chi connectivity index (χ4n) is 2.00. The minimum absolute atomic E-state index is 0.0255. The maximum absolute atomic E-state index is 11.6. The zero-order valence-corrected chi connectivity index (χ0v) is 19.6. The molecule has 0 atom stereocenters. The Morgan fingerprint density at radius 3 is 2.00 bits per heavy atom. The quantitative estimate of drug-likeness (QED) is 0.485. The molecule has 4 N–H and O–H groups in total. The largest absolute Gasteiger partial charge is 0.444 e. The zero-order valence-electron chi connectivity index (χ0n) is 19.6. The first-order valence-electron chi connectivity index (χ1n) is 9.83. The lowest BCUT2D eigenvalue weighted by Crippen LogP contribution is -2.41. The van der Waals surface area contributed by atoms with Gasteiger partial charge in [0, 0.05) is 31.6 Å². The maximum atomic E-state index is 11.6. The van der Waals surface area contributed by atoms with E-state index in [1.165, 1.54) is 13.0 Å². The molecule has 1 aromatic heterocycles. The lowest BCUT2D eigenvalue weighted by atomic mass is 10.1. The Labute approximate surface area is 183 Å². The number of alkyl carbamates (subject to hydrolysis) is 1. The van der Waals surface area contributed by atoms with Crippen LogP contribution in [0.4, 0.5) is 4.79 Å². The monoisotopic (exact) mass is 441 g/mol. The normalized spacial score (nSPS) is 10.8. The van der Waals surface area contributed by atoms with Crippen molar-refractivity contribution in [2.24, 2.45) is 0 Å². The van der Waals surface area contributed by atoms with Gasteiger partial charge in [0.15, 0.2) is 5.69 Å². The van der Waals surface area contributed by atoms with Crippen LogP contribution < -0.4 is 21.3 Å². The minimum atomic E-state index is -0.572. The van der Waals surface area contributed by atoms with E-state index in [9.17, 15) is 19.2 Å². The summed E-state index contributed by atoms with van der Waals surface area (Å²) in [7, 11) is 0. The number of ether oxygens (including phenoxy) is 1. The highest BCUT2D eigenvalue weighted by molar-refractivity contribution is 5.94. The molecule has 0 saturated carbocycles. The van der Waals surface area contributed by atoms with Gasteiger partial charge in [0.1, 0.15) is 11.4 Å². The molecular formula is C20H35N5O6. The Hall–Kier alpha value is -3.11. The van der Waals surface area contributed by atoms with E-state index in [-0.39, 0.29) is 42.7 Å². The summed E-state index contributed by atoms with van der Waals surface area (Å²) >= 11 is 0. The fraction of sp³-hybridized carbons (Fsp3) is 0.650. The molecule has 1 heterocycles. The molecule has 0 spiro atoms. The summed E-state index contributed by atoms with van der Waals surface area (Å²) in [6.45, 7) is 14.6. The van der Waals surface area contributed by atoms with E-state index in [0.717, 1.165) is 0 Å². The molecule has 0 unspecified atom stereocenters. The van der Waals surface area contributed by atoms with Gasteiger partial charge >= 0.3 is 6.09 Å². The number of carbonyl (C=O) groups excluding carboxylic acids is 4. The van der Waals surface area contributed by atoms with Gasteiger partial charge < -0.3 is 30.5 Å².